The van der Waals surface area contributed by atoms with Gasteiger partial charge in [0, 0.05) is 13.2 Å². The normalized spacial score (nSPS) is 31.8. The van der Waals surface area contributed by atoms with Crippen molar-refractivity contribution < 1.29 is 4.74 Å². The molecule has 0 spiro atoms. The van der Waals surface area contributed by atoms with Crippen LogP contribution < -0.4 is 0 Å². The Kier molecular flexibility index (Phi) is 4.71. The molecule has 1 heterocycles. The molecule has 1 fully saturated rings. The third-order valence-corrected chi connectivity index (χ3v) is 2.38. The first kappa shape index (κ1) is 9.96. The van der Waals surface area contributed by atoms with Crippen LogP contribution in [0.2, 0.25) is 0 Å². The lowest BCUT2D eigenvalue weighted by Crippen LogP contribution is -2.09. The first-order valence-electron chi connectivity index (χ1n) is 3.96. The van der Waals surface area contributed by atoms with Crippen LogP contribution in [0, 0.1) is 11.8 Å². The standard InChI is InChI=1S/C8H16O.CH4/c1-3-7-5-9-6-8(7)4-2;/h7-8H,3-6H2,1-2H3;1H4/t7-,8+;. The van der Waals surface area contributed by atoms with Crippen molar-refractivity contribution >= 4 is 0 Å². The molecule has 1 rings (SSSR count). The highest BCUT2D eigenvalue weighted by molar-refractivity contribution is 4.72. The second-order valence-electron chi connectivity index (χ2n) is 2.87. The van der Waals surface area contributed by atoms with E-state index in [1.165, 1.54) is 12.8 Å². The molecule has 10 heavy (non-hydrogen) atoms. The molecule has 62 valence electrons. The molecule has 1 aliphatic heterocycles. The van der Waals surface area contributed by atoms with Crippen LogP contribution in [0.3, 0.4) is 0 Å². The summed E-state index contributed by atoms with van der Waals surface area (Å²) in [6, 6.07) is 0. The van der Waals surface area contributed by atoms with Gasteiger partial charge in [-0.3, -0.25) is 0 Å². The van der Waals surface area contributed by atoms with Crippen LogP contribution in [-0.4, -0.2) is 13.2 Å². The maximum absolute atomic E-state index is 5.35. The lowest BCUT2D eigenvalue weighted by molar-refractivity contribution is 0.179. The highest BCUT2D eigenvalue weighted by Crippen LogP contribution is 2.25. The Hall–Kier alpha value is -0.0400. The van der Waals surface area contributed by atoms with Gasteiger partial charge in [0.05, 0.1) is 0 Å². The molecular weight excluding hydrogens is 124 g/mol. The van der Waals surface area contributed by atoms with Gasteiger partial charge < -0.3 is 4.74 Å². The molecule has 1 nitrogen and oxygen atoms in total. The van der Waals surface area contributed by atoms with E-state index in [-0.39, 0.29) is 7.43 Å². The summed E-state index contributed by atoms with van der Waals surface area (Å²) in [5.41, 5.74) is 0. The Morgan fingerprint density at radius 2 is 1.50 bits per heavy atom. The lowest BCUT2D eigenvalue weighted by Gasteiger charge is -2.11. The summed E-state index contributed by atoms with van der Waals surface area (Å²) in [6.45, 7) is 6.52. The van der Waals surface area contributed by atoms with E-state index in [1.807, 2.05) is 0 Å². The van der Waals surface area contributed by atoms with E-state index in [9.17, 15) is 0 Å². The minimum atomic E-state index is 0. The predicted octanol–water partition coefficient (Wildman–Crippen LogP) is 2.71. The van der Waals surface area contributed by atoms with Crippen molar-refractivity contribution in [1.29, 1.82) is 0 Å². The van der Waals surface area contributed by atoms with Crippen molar-refractivity contribution in [2.45, 2.75) is 34.1 Å². The van der Waals surface area contributed by atoms with E-state index < -0.39 is 0 Å². The SMILES string of the molecule is C.CC[C@@H]1COC[C@@H]1CC. The Bertz CT molecular complexity index is 70.8. The van der Waals surface area contributed by atoms with Crippen molar-refractivity contribution in [2.75, 3.05) is 13.2 Å². The van der Waals surface area contributed by atoms with Crippen LogP contribution in [0.1, 0.15) is 34.1 Å². The van der Waals surface area contributed by atoms with E-state index in [0.29, 0.717) is 0 Å². The van der Waals surface area contributed by atoms with Crippen molar-refractivity contribution in [3.05, 3.63) is 0 Å². The predicted molar refractivity (Wildman–Crippen MR) is 45.1 cm³/mol. The van der Waals surface area contributed by atoms with Crippen molar-refractivity contribution in [3.63, 3.8) is 0 Å². The highest BCUT2D eigenvalue weighted by atomic mass is 16.5. The molecule has 0 amide bonds. The van der Waals surface area contributed by atoms with Gasteiger partial charge in [-0.05, 0) is 11.8 Å². The topological polar surface area (TPSA) is 9.23 Å². The van der Waals surface area contributed by atoms with Crippen molar-refractivity contribution in [3.8, 4) is 0 Å². The van der Waals surface area contributed by atoms with Gasteiger partial charge >= 0.3 is 0 Å². The molecule has 2 atom stereocenters. The number of rotatable bonds is 2. The molecule has 0 aromatic heterocycles. The fourth-order valence-electron chi connectivity index (χ4n) is 1.55. The van der Waals surface area contributed by atoms with Crippen LogP contribution >= 0.6 is 0 Å². The van der Waals surface area contributed by atoms with Gasteiger partial charge in [0.15, 0.2) is 0 Å². The van der Waals surface area contributed by atoms with Crippen LogP contribution in [0.4, 0.5) is 0 Å². The molecule has 1 heteroatoms. The first-order valence-corrected chi connectivity index (χ1v) is 3.96. The van der Waals surface area contributed by atoms with Crippen LogP contribution in [0.25, 0.3) is 0 Å². The first-order chi connectivity index (χ1) is 4.38. The molecule has 0 bridgehead atoms. The summed E-state index contributed by atoms with van der Waals surface area (Å²) in [5, 5.41) is 0. The summed E-state index contributed by atoms with van der Waals surface area (Å²) >= 11 is 0. The van der Waals surface area contributed by atoms with Gasteiger partial charge in [0.1, 0.15) is 0 Å². The summed E-state index contributed by atoms with van der Waals surface area (Å²) in [5.74, 6) is 1.71. The van der Waals surface area contributed by atoms with Gasteiger partial charge in [0.25, 0.3) is 0 Å². The van der Waals surface area contributed by atoms with Crippen LogP contribution in [-0.2, 0) is 4.74 Å². The van der Waals surface area contributed by atoms with Crippen LogP contribution in [0.5, 0.6) is 0 Å². The number of hydrogen-bond acceptors (Lipinski definition) is 1. The third kappa shape index (κ3) is 1.98. The summed E-state index contributed by atoms with van der Waals surface area (Å²) in [4.78, 5) is 0. The Labute approximate surface area is 64.8 Å². The minimum absolute atomic E-state index is 0. The van der Waals surface area contributed by atoms with Crippen molar-refractivity contribution in [2.24, 2.45) is 11.8 Å². The summed E-state index contributed by atoms with van der Waals surface area (Å²) in [7, 11) is 0. The molecular formula is C9H20O. The van der Waals surface area contributed by atoms with Gasteiger partial charge in [-0.1, -0.05) is 34.1 Å². The van der Waals surface area contributed by atoms with Gasteiger partial charge in [-0.25, -0.2) is 0 Å². The molecule has 1 saturated heterocycles. The monoisotopic (exact) mass is 144 g/mol. The molecule has 0 aliphatic carbocycles. The molecule has 0 unspecified atom stereocenters. The number of hydrogen-bond donors (Lipinski definition) is 0. The fraction of sp³-hybridized carbons (Fsp3) is 1.00. The average Bonchev–Trinajstić information content (AvgIpc) is 2.33. The molecule has 0 saturated carbocycles. The zero-order valence-corrected chi connectivity index (χ0v) is 6.39. The second-order valence-corrected chi connectivity index (χ2v) is 2.87. The minimum Gasteiger partial charge on any atom is -0.381 e. The maximum Gasteiger partial charge on any atom is 0.0497 e. The van der Waals surface area contributed by atoms with Gasteiger partial charge in [0.2, 0.25) is 0 Å². The Balaban J connectivity index is 0.000000810. The van der Waals surface area contributed by atoms with E-state index in [1.54, 1.807) is 0 Å². The van der Waals surface area contributed by atoms with Crippen LogP contribution in [0.15, 0.2) is 0 Å². The summed E-state index contributed by atoms with van der Waals surface area (Å²) < 4.78 is 5.35. The Morgan fingerprint density at radius 1 is 1.10 bits per heavy atom. The highest BCUT2D eigenvalue weighted by Gasteiger charge is 2.24. The molecule has 1 aliphatic rings. The summed E-state index contributed by atoms with van der Waals surface area (Å²) in [6.07, 6.45) is 2.58. The average molecular weight is 144 g/mol. The van der Waals surface area contributed by atoms with Crippen molar-refractivity contribution in [1.82, 2.24) is 0 Å². The zero-order chi connectivity index (χ0) is 6.69. The smallest absolute Gasteiger partial charge is 0.0497 e. The Morgan fingerprint density at radius 3 is 1.80 bits per heavy atom. The number of ether oxygens (including phenoxy) is 1. The zero-order valence-electron chi connectivity index (χ0n) is 6.39. The second kappa shape index (κ2) is 4.73. The largest absolute Gasteiger partial charge is 0.381 e. The third-order valence-electron chi connectivity index (χ3n) is 2.38. The maximum atomic E-state index is 5.35. The molecule has 0 radical (unpaired) electrons. The van der Waals surface area contributed by atoms with E-state index in [4.69, 9.17) is 4.74 Å². The van der Waals surface area contributed by atoms with Gasteiger partial charge in [-0.15, -0.1) is 0 Å². The van der Waals surface area contributed by atoms with E-state index in [2.05, 4.69) is 13.8 Å². The molecule has 0 N–H and O–H groups in total. The molecule has 0 aromatic carbocycles. The quantitative estimate of drug-likeness (QED) is 0.579. The van der Waals surface area contributed by atoms with E-state index >= 15 is 0 Å². The lowest BCUT2D eigenvalue weighted by atomic mass is 9.92. The molecule has 0 aromatic rings. The fourth-order valence-corrected chi connectivity index (χ4v) is 1.55. The van der Waals surface area contributed by atoms with E-state index in [0.717, 1.165) is 25.0 Å². The van der Waals surface area contributed by atoms with Gasteiger partial charge in [-0.2, -0.15) is 0 Å².